The topological polar surface area (TPSA) is 85.5 Å². The molecule has 0 aliphatic rings. The summed E-state index contributed by atoms with van der Waals surface area (Å²) in [6, 6.07) is 5.56. The standard InChI is InChI=1S/C21H22FNO5/c1-5-27-21(26)18-12(2)19(23-13(18)3)20(25)14(4)28-17(24)11-8-15-6-9-16(22)10-7-15/h6-11,14,23H,5H2,1-4H3/b11-8+. The number of halogens is 1. The lowest BCUT2D eigenvalue weighted by atomic mass is 10.1. The normalized spacial score (nSPS) is 12.0. The monoisotopic (exact) mass is 387 g/mol. The number of carbonyl (C=O) groups is 3. The first-order chi connectivity index (χ1) is 13.2. The summed E-state index contributed by atoms with van der Waals surface area (Å²) in [5.41, 5.74) is 2.08. The van der Waals surface area contributed by atoms with Crippen LogP contribution in [0.15, 0.2) is 30.3 Å². The first-order valence-electron chi connectivity index (χ1n) is 8.79. The zero-order chi connectivity index (χ0) is 20.8. The molecule has 0 spiro atoms. The third kappa shape index (κ3) is 4.94. The maximum atomic E-state index is 12.9. The second-order valence-corrected chi connectivity index (χ2v) is 6.17. The van der Waals surface area contributed by atoms with Crippen LogP contribution in [-0.4, -0.2) is 35.4 Å². The van der Waals surface area contributed by atoms with Crippen molar-refractivity contribution in [2.24, 2.45) is 0 Å². The van der Waals surface area contributed by atoms with E-state index in [-0.39, 0.29) is 18.1 Å². The van der Waals surface area contributed by atoms with Crippen LogP contribution in [-0.2, 0) is 14.3 Å². The Bertz CT molecular complexity index is 912. The minimum Gasteiger partial charge on any atom is -0.462 e. The highest BCUT2D eigenvalue weighted by Gasteiger charge is 2.27. The molecule has 2 aromatic rings. The van der Waals surface area contributed by atoms with Gasteiger partial charge in [-0.2, -0.15) is 0 Å². The first-order valence-corrected chi connectivity index (χ1v) is 8.79. The van der Waals surface area contributed by atoms with Crippen molar-refractivity contribution in [2.45, 2.75) is 33.8 Å². The number of carbonyl (C=O) groups excluding carboxylic acids is 3. The number of aromatic amines is 1. The van der Waals surface area contributed by atoms with Gasteiger partial charge in [0, 0.05) is 11.8 Å². The van der Waals surface area contributed by atoms with Crippen LogP contribution in [0, 0.1) is 19.7 Å². The van der Waals surface area contributed by atoms with Crippen molar-refractivity contribution in [2.75, 3.05) is 6.61 Å². The predicted octanol–water partition coefficient (Wildman–Crippen LogP) is 3.78. The van der Waals surface area contributed by atoms with Gasteiger partial charge in [0.15, 0.2) is 6.10 Å². The molecule has 2 rings (SSSR count). The number of Topliss-reactive ketones (excluding diaryl/α,β-unsaturated/α-hetero) is 1. The van der Waals surface area contributed by atoms with Crippen molar-refractivity contribution in [3.63, 3.8) is 0 Å². The Morgan fingerprint density at radius 1 is 1.18 bits per heavy atom. The fourth-order valence-electron chi connectivity index (χ4n) is 2.71. The number of ether oxygens (including phenoxy) is 2. The van der Waals surface area contributed by atoms with E-state index in [1.165, 1.54) is 37.3 Å². The smallest absolute Gasteiger partial charge is 0.340 e. The van der Waals surface area contributed by atoms with E-state index in [2.05, 4.69) is 4.98 Å². The van der Waals surface area contributed by atoms with Crippen LogP contribution in [0.1, 0.15) is 51.5 Å². The van der Waals surface area contributed by atoms with E-state index >= 15 is 0 Å². The molecule has 1 aromatic heterocycles. The summed E-state index contributed by atoms with van der Waals surface area (Å²) in [7, 11) is 0. The Balaban J connectivity index is 2.08. The minimum atomic E-state index is -1.06. The lowest BCUT2D eigenvalue weighted by Crippen LogP contribution is -2.24. The van der Waals surface area contributed by atoms with E-state index in [0.717, 1.165) is 6.08 Å². The molecule has 7 heteroatoms. The van der Waals surface area contributed by atoms with Gasteiger partial charge >= 0.3 is 11.9 Å². The second kappa shape index (κ2) is 9.12. The van der Waals surface area contributed by atoms with E-state index in [1.807, 2.05) is 0 Å². The number of hydrogen-bond acceptors (Lipinski definition) is 5. The Morgan fingerprint density at radius 3 is 2.43 bits per heavy atom. The number of aromatic nitrogens is 1. The zero-order valence-electron chi connectivity index (χ0n) is 16.2. The predicted molar refractivity (Wildman–Crippen MR) is 102 cm³/mol. The highest BCUT2D eigenvalue weighted by atomic mass is 19.1. The molecule has 1 unspecified atom stereocenters. The molecule has 0 amide bonds. The van der Waals surface area contributed by atoms with Gasteiger partial charge in [0.1, 0.15) is 5.82 Å². The van der Waals surface area contributed by atoms with Crippen molar-refractivity contribution in [3.05, 3.63) is 64.2 Å². The van der Waals surface area contributed by atoms with Gasteiger partial charge in [0.25, 0.3) is 0 Å². The third-order valence-electron chi connectivity index (χ3n) is 4.11. The summed E-state index contributed by atoms with van der Waals surface area (Å²) in [6.07, 6.45) is 1.56. The quantitative estimate of drug-likeness (QED) is 0.444. The summed E-state index contributed by atoms with van der Waals surface area (Å²) < 4.78 is 23.0. The molecule has 1 N–H and O–H groups in total. The maximum Gasteiger partial charge on any atom is 0.340 e. The molecule has 0 fully saturated rings. The van der Waals surface area contributed by atoms with Gasteiger partial charge in [-0.1, -0.05) is 12.1 Å². The van der Waals surface area contributed by atoms with Crippen LogP contribution < -0.4 is 0 Å². The van der Waals surface area contributed by atoms with Crippen LogP contribution in [0.25, 0.3) is 6.08 Å². The molecule has 1 atom stereocenters. The average molecular weight is 387 g/mol. The lowest BCUT2D eigenvalue weighted by molar-refractivity contribution is -0.140. The van der Waals surface area contributed by atoms with Crippen molar-refractivity contribution < 1.29 is 28.2 Å². The molecular formula is C21H22FNO5. The zero-order valence-corrected chi connectivity index (χ0v) is 16.2. The van der Waals surface area contributed by atoms with Crippen molar-refractivity contribution in [1.82, 2.24) is 4.98 Å². The highest BCUT2D eigenvalue weighted by molar-refractivity contribution is 6.04. The molecule has 28 heavy (non-hydrogen) atoms. The largest absolute Gasteiger partial charge is 0.462 e. The van der Waals surface area contributed by atoms with E-state index in [1.54, 1.807) is 20.8 Å². The fraction of sp³-hybridized carbons (Fsp3) is 0.286. The second-order valence-electron chi connectivity index (χ2n) is 6.17. The molecule has 0 radical (unpaired) electrons. The summed E-state index contributed by atoms with van der Waals surface area (Å²) in [5.74, 6) is -2.06. The Labute approximate surface area is 162 Å². The molecule has 6 nitrogen and oxygen atoms in total. The first kappa shape index (κ1) is 21.1. The van der Waals surface area contributed by atoms with E-state index in [4.69, 9.17) is 9.47 Å². The molecule has 1 aromatic carbocycles. The number of benzene rings is 1. The number of hydrogen-bond donors (Lipinski definition) is 1. The molecule has 1 heterocycles. The van der Waals surface area contributed by atoms with Crippen molar-refractivity contribution >= 4 is 23.8 Å². The highest BCUT2D eigenvalue weighted by Crippen LogP contribution is 2.21. The van der Waals surface area contributed by atoms with Gasteiger partial charge in [-0.25, -0.2) is 14.0 Å². The van der Waals surface area contributed by atoms with Crippen molar-refractivity contribution in [3.8, 4) is 0 Å². The van der Waals surface area contributed by atoms with Crippen LogP contribution >= 0.6 is 0 Å². The van der Waals surface area contributed by atoms with Gasteiger partial charge in [0.2, 0.25) is 5.78 Å². The van der Waals surface area contributed by atoms with Gasteiger partial charge < -0.3 is 14.5 Å². The molecular weight excluding hydrogens is 365 g/mol. The minimum absolute atomic E-state index is 0.198. The molecule has 0 aliphatic heterocycles. The van der Waals surface area contributed by atoms with Gasteiger partial charge in [-0.15, -0.1) is 0 Å². The number of aryl methyl sites for hydroxylation is 1. The maximum absolute atomic E-state index is 12.9. The van der Waals surface area contributed by atoms with E-state index < -0.39 is 23.8 Å². The molecule has 0 aliphatic carbocycles. The number of rotatable bonds is 7. The van der Waals surface area contributed by atoms with E-state index in [9.17, 15) is 18.8 Å². The van der Waals surface area contributed by atoms with Crippen molar-refractivity contribution in [1.29, 1.82) is 0 Å². The van der Waals surface area contributed by atoms with E-state index in [0.29, 0.717) is 22.4 Å². The molecule has 148 valence electrons. The summed E-state index contributed by atoms with van der Waals surface area (Å²) in [5, 5.41) is 0. The average Bonchev–Trinajstić information content (AvgIpc) is 2.95. The number of esters is 2. The summed E-state index contributed by atoms with van der Waals surface area (Å²) in [4.78, 5) is 39.5. The van der Waals surface area contributed by atoms with Crippen LogP contribution in [0.2, 0.25) is 0 Å². The number of nitrogens with one attached hydrogen (secondary N) is 1. The Kier molecular flexibility index (Phi) is 6.87. The van der Waals surface area contributed by atoms with Crippen LogP contribution in [0.3, 0.4) is 0 Å². The molecule has 0 saturated heterocycles. The number of ketones is 1. The van der Waals surface area contributed by atoms with Gasteiger partial charge in [0.05, 0.1) is 17.9 Å². The third-order valence-corrected chi connectivity index (χ3v) is 4.11. The SMILES string of the molecule is CCOC(=O)c1c(C)[nH]c(C(=O)C(C)OC(=O)/C=C/c2ccc(F)cc2)c1C. The van der Waals surface area contributed by atoms with Crippen LogP contribution in [0.4, 0.5) is 4.39 Å². The van der Waals surface area contributed by atoms with Crippen LogP contribution in [0.5, 0.6) is 0 Å². The summed E-state index contributed by atoms with van der Waals surface area (Å²) in [6.45, 7) is 6.67. The van der Waals surface area contributed by atoms with Gasteiger partial charge in [-0.05, 0) is 57.0 Å². The Morgan fingerprint density at radius 2 is 1.82 bits per heavy atom. The lowest BCUT2D eigenvalue weighted by Gasteiger charge is -2.10. The van der Waals surface area contributed by atoms with Gasteiger partial charge in [-0.3, -0.25) is 4.79 Å². The summed E-state index contributed by atoms with van der Waals surface area (Å²) >= 11 is 0. The fourth-order valence-corrected chi connectivity index (χ4v) is 2.71. The molecule has 0 saturated carbocycles. The Hall–Kier alpha value is -3.22. The molecule has 0 bridgehead atoms. The number of H-pyrrole nitrogens is 1.